The summed E-state index contributed by atoms with van der Waals surface area (Å²) in [5.74, 6) is 0.466. The molecule has 7 heteroatoms. The van der Waals surface area contributed by atoms with Crippen molar-refractivity contribution in [2.24, 2.45) is 0 Å². The molecule has 0 spiro atoms. The van der Waals surface area contributed by atoms with Crippen LogP contribution in [0.25, 0.3) is 6.08 Å². The zero-order valence-corrected chi connectivity index (χ0v) is 14.8. The minimum Gasteiger partial charge on any atom is -0.493 e. The summed E-state index contributed by atoms with van der Waals surface area (Å²) in [4.78, 5) is 23.1. The van der Waals surface area contributed by atoms with Crippen molar-refractivity contribution in [3.8, 4) is 11.5 Å². The van der Waals surface area contributed by atoms with E-state index in [0.29, 0.717) is 23.9 Å². The van der Waals surface area contributed by atoms with E-state index in [2.05, 4.69) is 4.74 Å². The van der Waals surface area contributed by atoms with Gasteiger partial charge in [0.05, 0.1) is 20.8 Å². The fraction of sp³-hybridized carbons (Fsp3) is 0.263. The molecule has 1 aromatic carbocycles. The van der Waals surface area contributed by atoms with E-state index in [9.17, 15) is 9.59 Å². The van der Waals surface area contributed by atoms with Gasteiger partial charge in [0.15, 0.2) is 11.5 Å². The number of ether oxygens (including phenoxy) is 4. The van der Waals surface area contributed by atoms with Gasteiger partial charge in [-0.15, -0.1) is 0 Å². The molecule has 2 aromatic rings. The molecule has 0 aliphatic rings. The lowest BCUT2D eigenvalue weighted by molar-refractivity contribution is -0.139. The minimum absolute atomic E-state index is 0.0515. The molecule has 2 rings (SSSR count). The number of esters is 2. The van der Waals surface area contributed by atoms with Gasteiger partial charge in [0.25, 0.3) is 0 Å². The molecule has 0 aliphatic heterocycles. The molecular weight excluding hydrogens is 340 g/mol. The zero-order valence-electron chi connectivity index (χ0n) is 14.8. The van der Waals surface area contributed by atoms with Gasteiger partial charge in [0.1, 0.15) is 12.4 Å². The molecule has 0 radical (unpaired) electrons. The van der Waals surface area contributed by atoms with Crippen LogP contribution < -0.4 is 9.47 Å². The molecular formula is C19H20O7. The molecule has 0 saturated carbocycles. The summed E-state index contributed by atoms with van der Waals surface area (Å²) in [5, 5.41) is 0. The summed E-state index contributed by atoms with van der Waals surface area (Å²) in [6.07, 6.45) is 2.89. The number of benzene rings is 1. The Labute approximate surface area is 151 Å². The smallest absolute Gasteiger partial charge is 0.373 e. The lowest BCUT2D eigenvalue weighted by Gasteiger charge is -2.09. The van der Waals surface area contributed by atoms with Crippen molar-refractivity contribution < 1.29 is 33.0 Å². The van der Waals surface area contributed by atoms with Crippen LogP contribution in [-0.2, 0) is 20.9 Å². The van der Waals surface area contributed by atoms with Crippen molar-refractivity contribution in [3.63, 3.8) is 0 Å². The lowest BCUT2D eigenvalue weighted by atomic mass is 10.2. The summed E-state index contributed by atoms with van der Waals surface area (Å²) < 4.78 is 25.5. The van der Waals surface area contributed by atoms with E-state index >= 15 is 0 Å². The van der Waals surface area contributed by atoms with E-state index in [1.54, 1.807) is 37.5 Å². The molecule has 0 saturated heterocycles. The second-order valence-electron chi connectivity index (χ2n) is 5.04. The first kappa shape index (κ1) is 19.1. The molecule has 0 bridgehead atoms. The van der Waals surface area contributed by atoms with Gasteiger partial charge in [-0.25, -0.2) is 9.59 Å². The quantitative estimate of drug-likeness (QED) is 0.528. The van der Waals surface area contributed by atoms with Crippen molar-refractivity contribution in [3.05, 3.63) is 53.5 Å². The standard InChI is InChI=1S/C19H20O7/c1-4-24-15-8-5-13(11-17(15)22-2)6-10-18(20)25-12-14-7-9-16(26-14)19(21)23-3/h5-11H,4,12H2,1-3H3/b10-6+. The first-order chi connectivity index (χ1) is 12.6. The third kappa shape index (κ3) is 5.14. The number of rotatable bonds is 8. The van der Waals surface area contributed by atoms with Crippen molar-refractivity contribution in [1.29, 1.82) is 0 Å². The topological polar surface area (TPSA) is 84.2 Å². The van der Waals surface area contributed by atoms with Gasteiger partial charge >= 0.3 is 11.9 Å². The monoisotopic (exact) mass is 360 g/mol. The van der Waals surface area contributed by atoms with Crippen LogP contribution in [0.2, 0.25) is 0 Å². The Hall–Kier alpha value is -3.22. The van der Waals surface area contributed by atoms with Gasteiger partial charge in [0, 0.05) is 6.08 Å². The molecule has 7 nitrogen and oxygen atoms in total. The van der Waals surface area contributed by atoms with Crippen LogP contribution in [0.1, 0.15) is 28.8 Å². The lowest BCUT2D eigenvalue weighted by Crippen LogP contribution is -2.01. The predicted octanol–water partition coefficient (Wildman–Crippen LogP) is 3.23. The van der Waals surface area contributed by atoms with Gasteiger partial charge in [-0.05, 0) is 42.8 Å². The highest BCUT2D eigenvalue weighted by molar-refractivity contribution is 5.87. The highest BCUT2D eigenvalue weighted by Crippen LogP contribution is 2.28. The van der Waals surface area contributed by atoms with Gasteiger partial charge in [-0.2, -0.15) is 0 Å². The Kier molecular flexibility index (Phi) is 6.84. The molecule has 138 valence electrons. The molecule has 0 N–H and O–H groups in total. The van der Waals surface area contributed by atoms with E-state index < -0.39 is 11.9 Å². The van der Waals surface area contributed by atoms with E-state index in [1.165, 1.54) is 19.3 Å². The highest BCUT2D eigenvalue weighted by Gasteiger charge is 2.12. The van der Waals surface area contributed by atoms with E-state index in [1.807, 2.05) is 6.92 Å². The fourth-order valence-electron chi connectivity index (χ4n) is 2.08. The third-order valence-electron chi connectivity index (χ3n) is 3.30. The second kappa shape index (κ2) is 9.31. The number of hydrogen-bond acceptors (Lipinski definition) is 7. The fourth-order valence-corrected chi connectivity index (χ4v) is 2.08. The molecule has 0 aliphatic carbocycles. The van der Waals surface area contributed by atoms with Crippen molar-refractivity contribution >= 4 is 18.0 Å². The highest BCUT2D eigenvalue weighted by atomic mass is 16.6. The first-order valence-electron chi connectivity index (χ1n) is 7.90. The summed E-state index contributed by atoms with van der Waals surface area (Å²) in [7, 11) is 2.80. The third-order valence-corrected chi connectivity index (χ3v) is 3.30. The Morgan fingerprint density at radius 3 is 2.62 bits per heavy atom. The second-order valence-corrected chi connectivity index (χ2v) is 5.04. The Morgan fingerprint density at radius 2 is 1.92 bits per heavy atom. The number of carbonyl (C=O) groups excluding carboxylic acids is 2. The summed E-state index contributed by atoms with van der Waals surface area (Å²) in [6, 6.07) is 8.32. The summed E-state index contributed by atoms with van der Waals surface area (Å²) in [6.45, 7) is 2.32. The van der Waals surface area contributed by atoms with Gasteiger partial charge in [-0.3, -0.25) is 0 Å². The molecule has 0 fully saturated rings. The van der Waals surface area contributed by atoms with Gasteiger partial charge in [-0.1, -0.05) is 6.07 Å². The van der Waals surface area contributed by atoms with Gasteiger partial charge < -0.3 is 23.4 Å². The predicted molar refractivity (Wildman–Crippen MR) is 93.0 cm³/mol. The summed E-state index contributed by atoms with van der Waals surface area (Å²) in [5.41, 5.74) is 0.758. The summed E-state index contributed by atoms with van der Waals surface area (Å²) >= 11 is 0. The molecule has 0 unspecified atom stereocenters. The zero-order chi connectivity index (χ0) is 18.9. The van der Waals surface area contributed by atoms with E-state index in [4.69, 9.17) is 18.6 Å². The maximum absolute atomic E-state index is 11.8. The number of furan rings is 1. The van der Waals surface area contributed by atoms with Crippen LogP contribution in [0, 0.1) is 0 Å². The molecule has 0 atom stereocenters. The van der Waals surface area contributed by atoms with Crippen molar-refractivity contribution in [2.75, 3.05) is 20.8 Å². The molecule has 1 aromatic heterocycles. The van der Waals surface area contributed by atoms with E-state index in [0.717, 1.165) is 5.56 Å². The molecule has 0 amide bonds. The van der Waals surface area contributed by atoms with Crippen LogP contribution in [0.5, 0.6) is 11.5 Å². The SMILES string of the molecule is CCOc1ccc(/C=C/C(=O)OCc2ccc(C(=O)OC)o2)cc1OC. The van der Waals surface area contributed by atoms with Crippen LogP contribution in [0.4, 0.5) is 0 Å². The maximum Gasteiger partial charge on any atom is 0.373 e. The number of carbonyl (C=O) groups is 2. The van der Waals surface area contributed by atoms with Crippen molar-refractivity contribution in [2.45, 2.75) is 13.5 Å². The van der Waals surface area contributed by atoms with Crippen LogP contribution in [0.15, 0.2) is 40.8 Å². The molecule has 26 heavy (non-hydrogen) atoms. The maximum atomic E-state index is 11.8. The largest absolute Gasteiger partial charge is 0.493 e. The van der Waals surface area contributed by atoms with Crippen LogP contribution in [0.3, 0.4) is 0 Å². The first-order valence-corrected chi connectivity index (χ1v) is 7.90. The molecule has 1 heterocycles. The van der Waals surface area contributed by atoms with Crippen LogP contribution >= 0.6 is 0 Å². The minimum atomic E-state index is -0.591. The van der Waals surface area contributed by atoms with E-state index in [-0.39, 0.29) is 12.4 Å². The average Bonchev–Trinajstić information content (AvgIpc) is 3.14. The number of hydrogen-bond donors (Lipinski definition) is 0. The van der Waals surface area contributed by atoms with Gasteiger partial charge in [0.2, 0.25) is 5.76 Å². The Balaban J connectivity index is 1.92. The Morgan fingerprint density at radius 1 is 1.12 bits per heavy atom. The van der Waals surface area contributed by atoms with Crippen LogP contribution in [-0.4, -0.2) is 32.8 Å². The van der Waals surface area contributed by atoms with Crippen molar-refractivity contribution in [1.82, 2.24) is 0 Å². The number of methoxy groups -OCH3 is 2. The Bertz CT molecular complexity index is 789. The normalized spacial score (nSPS) is 10.6. The average molecular weight is 360 g/mol.